The second kappa shape index (κ2) is 4.58. The zero-order valence-electron chi connectivity index (χ0n) is 10.5. The van der Waals surface area contributed by atoms with Gasteiger partial charge in [0, 0.05) is 11.6 Å². The first-order chi connectivity index (χ1) is 8.81. The summed E-state index contributed by atoms with van der Waals surface area (Å²) in [6.07, 6.45) is 3.50. The summed E-state index contributed by atoms with van der Waals surface area (Å²) in [7, 11) is -3.47. The van der Waals surface area contributed by atoms with E-state index in [1.54, 1.807) is 12.3 Å². The normalized spacial score (nSPS) is 11.7. The van der Waals surface area contributed by atoms with E-state index < -0.39 is 16.0 Å². The first kappa shape index (κ1) is 13.4. The van der Waals surface area contributed by atoms with Crippen molar-refractivity contribution in [2.24, 2.45) is 0 Å². The highest BCUT2D eigenvalue weighted by Gasteiger charge is 2.14. The number of aromatic nitrogens is 1. The van der Waals surface area contributed by atoms with Crippen LogP contribution in [0.1, 0.15) is 22.8 Å². The molecule has 0 spiro atoms. The quantitative estimate of drug-likeness (QED) is 0.796. The predicted octanol–water partition coefficient (Wildman–Crippen LogP) is 1.80. The maximum atomic E-state index is 11.3. The minimum atomic E-state index is -3.47. The Morgan fingerprint density at radius 2 is 2.11 bits per heavy atom. The van der Waals surface area contributed by atoms with Gasteiger partial charge in [0.15, 0.2) is 0 Å². The monoisotopic (exact) mass is 282 g/mol. The summed E-state index contributed by atoms with van der Waals surface area (Å²) < 4.78 is 25.0. The molecule has 3 N–H and O–H groups in total. The standard InChI is InChI=1S/C12H14N2O4S/c1-3-7-6-13-11-9(7)4-8(12(15)16)5-10(11)14-19(2,17)18/h4-6,13-14H,3H2,1-2H3,(H,15,16). The van der Waals surface area contributed by atoms with Crippen molar-refractivity contribution in [3.63, 3.8) is 0 Å². The van der Waals surface area contributed by atoms with Gasteiger partial charge in [-0.15, -0.1) is 0 Å². The minimum Gasteiger partial charge on any atom is -0.478 e. The van der Waals surface area contributed by atoms with E-state index in [0.717, 1.165) is 18.2 Å². The molecule has 6 nitrogen and oxygen atoms in total. The third kappa shape index (κ3) is 2.70. The van der Waals surface area contributed by atoms with Gasteiger partial charge in [-0.05, 0) is 24.1 Å². The van der Waals surface area contributed by atoms with Gasteiger partial charge in [0.2, 0.25) is 10.0 Å². The van der Waals surface area contributed by atoms with Gasteiger partial charge in [0.25, 0.3) is 0 Å². The van der Waals surface area contributed by atoms with Crippen LogP contribution in [0.15, 0.2) is 18.3 Å². The Morgan fingerprint density at radius 1 is 1.42 bits per heavy atom. The molecule has 0 saturated heterocycles. The lowest BCUT2D eigenvalue weighted by molar-refractivity contribution is 0.0697. The van der Waals surface area contributed by atoms with Crippen LogP contribution in [0.5, 0.6) is 0 Å². The first-order valence-electron chi connectivity index (χ1n) is 5.67. The SMILES string of the molecule is CCc1c[nH]c2c(NS(C)(=O)=O)cc(C(=O)O)cc12. The number of hydrogen-bond donors (Lipinski definition) is 3. The second-order valence-electron chi connectivity index (χ2n) is 4.29. The van der Waals surface area contributed by atoms with E-state index in [1.165, 1.54) is 6.07 Å². The zero-order chi connectivity index (χ0) is 14.2. The number of aromatic carboxylic acids is 1. The Morgan fingerprint density at radius 3 is 2.63 bits per heavy atom. The molecule has 0 radical (unpaired) electrons. The van der Waals surface area contributed by atoms with Crippen LogP contribution < -0.4 is 4.72 Å². The number of aromatic amines is 1. The van der Waals surface area contributed by atoms with Gasteiger partial charge in [-0.2, -0.15) is 0 Å². The summed E-state index contributed by atoms with van der Waals surface area (Å²) in [6.45, 7) is 1.94. The smallest absolute Gasteiger partial charge is 0.335 e. The maximum Gasteiger partial charge on any atom is 0.335 e. The zero-order valence-corrected chi connectivity index (χ0v) is 11.3. The van der Waals surface area contributed by atoms with Gasteiger partial charge in [-0.1, -0.05) is 6.92 Å². The summed E-state index contributed by atoms with van der Waals surface area (Å²) >= 11 is 0. The molecule has 0 bridgehead atoms. The lowest BCUT2D eigenvalue weighted by Crippen LogP contribution is -2.11. The first-order valence-corrected chi connectivity index (χ1v) is 7.56. The van der Waals surface area contributed by atoms with Crippen LogP contribution in [0.3, 0.4) is 0 Å². The number of sulfonamides is 1. The summed E-state index contributed by atoms with van der Waals surface area (Å²) in [6, 6.07) is 2.85. The average Bonchev–Trinajstić information content (AvgIpc) is 2.69. The van der Waals surface area contributed by atoms with E-state index in [2.05, 4.69) is 9.71 Å². The topological polar surface area (TPSA) is 99.3 Å². The van der Waals surface area contributed by atoms with Crippen LogP contribution in [-0.2, 0) is 16.4 Å². The number of aryl methyl sites for hydroxylation is 1. The Labute approximate surface area is 110 Å². The third-order valence-electron chi connectivity index (χ3n) is 2.80. The molecule has 2 aromatic rings. The van der Waals surface area contributed by atoms with Gasteiger partial charge in [-0.3, -0.25) is 4.72 Å². The predicted molar refractivity (Wildman–Crippen MR) is 73.1 cm³/mol. The van der Waals surface area contributed by atoms with E-state index in [-0.39, 0.29) is 11.3 Å². The van der Waals surface area contributed by atoms with Crippen molar-refractivity contribution in [2.45, 2.75) is 13.3 Å². The number of rotatable bonds is 4. The van der Waals surface area contributed by atoms with Crippen LogP contribution >= 0.6 is 0 Å². The summed E-state index contributed by atoms with van der Waals surface area (Å²) in [4.78, 5) is 14.1. The van der Waals surface area contributed by atoms with Gasteiger partial charge < -0.3 is 10.1 Å². The molecular weight excluding hydrogens is 268 g/mol. The molecule has 0 fully saturated rings. The third-order valence-corrected chi connectivity index (χ3v) is 3.39. The van der Waals surface area contributed by atoms with Crippen LogP contribution in [0.25, 0.3) is 10.9 Å². The van der Waals surface area contributed by atoms with Gasteiger partial charge in [0.05, 0.1) is 23.0 Å². The number of H-pyrrole nitrogens is 1. The molecule has 0 aliphatic heterocycles. The lowest BCUT2D eigenvalue weighted by Gasteiger charge is -2.07. The van der Waals surface area contributed by atoms with Crippen LogP contribution in [-0.4, -0.2) is 30.7 Å². The van der Waals surface area contributed by atoms with Crippen molar-refractivity contribution < 1.29 is 18.3 Å². The molecule has 2 rings (SSSR count). The Bertz CT molecular complexity index is 746. The van der Waals surface area contributed by atoms with Crippen molar-refractivity contribution >= 4 is 32.6 Å². The maximum absolute atomic E-state index is 11.3. The number of carbonyl (C=O) groups is 1. The molecule has 19 heavy (non-hydrogen) atoms. The van der Waals surface area contributed by atoms with Crippen molar-refractivity contribution in [1.29, 1.82) is 0 Å². The van der Waals surface area contributed by atoms with E-state index in [9.17, 15) is 13.2 Å². The van der Waals surface area contributed by atoms with E-state index in [1.807, 2.05) is 6.92 Å². The molecular formula is C12H14N2O4S. The lowest BCUT2D eigenvalue weighted by atomic mass is 10.1. The van der Waals surface area contributed by atoms with Crippen LogP contribution in [0, 0.1) is 0 Å². The number of benzene rings is 1. The highest BCUT2D eigenvalue weighted by atomic mass is 32.2. The molecule has 0 saturated carbocycles. The number of fused-ring (bicyclic) bond motifs is 1. The molecule has 0 amide bonds. The Balaban J connectivity index is 2.73. The van der Waals surface area contributed by atoms with Crippen molar-refractivity contribution in [3.05, 3.63) is 29.5 Å². The van der Waals surface area contributed by atoms with Crippen molar-refractivity contribution in [1.82, 2.24) is 4.98 Å². The molecule has 1 aromatic heterocycles. The second-order valence-corrected chi connectivity index (χ2v) is 6.04. The minimum absolute atomic E-state index is 0.0490. The average molecular weight is 282 g/mol. The van der Waals surface area contributed by atoms with E-state index in [0.29, 0.717) is 10.9 Å². The molecule has 1 heterocycles. The van der Waals surface area contributed by atoms with Crippen molar-refractivity contribution in [3.8, 4) is 0 Å². The van der Waals surface area contributed by atoms with Gasteiger partial charge in [0.1, 0.15) is 0 Å². The molecule has 1 aromatic carbocycles. The highest BCUT2D eigenvalue weighted by Crippen LogP contribution is 2.28. The van der Waals surface area contributed by atoms with Crippen molar-refractivity contribution in [2.75, 3.05) is 11.0 Å². The molecule has 0 atom stereocenters. The number of nitrogens with one attached hydrogen (secondary N) is 2. The van der Waals surface area contributed by atoms with E-state index >= 15 is 0 Å². The molecule has 0 aliphatic carbocycles. The summed E-state index contributed by atoms with van der Waals surface area (Å²) in [5, 5.41) is 9.80. The van der Waals surface area contributed by atoms with Gasteiger partial charge >= 0.3 is 5.97 Å². The fraction of sp³-hybridized carbons (Fsp3) is 0.250. The largest absolute Gasteiger partial charge is 0.478 e. The summed E-state index contributed by atoms with van der Waals surface area (Å²) in [5.41, 5.74) is 1.83. The highest BCUT2D eigenvalue weighted by molar-refractivity contribution is 7.92. The molecule has 0 aliphatic rings. The number of anilines is 1. The number of carboxylic acid groups (broad SMARTS) is 1. The molecule has 7 heteroatoms. The molecule has 0 unspecified atom stereocenters. The fourth-order valence-corrected chi connectivity index (χ4v) is 2.54. The Kier molecular flexibility index (Phi) is 3.23. The number of hydrogen-bond acceptors (Lipinski definition) is 3. The summed E-state index contributed by atoms with van der Waals surface area (Å²) in [5.74, 6) is -1.10. The van der Waals surface area contributed by atoms with Crippen LogP contribution in [0.4, 0.5) is 5.69 Å². The number of carboxylic acids is 1. The van der Waals surface area contributed by atoms with Crippen LogP contribution in [0.2, 0.25) is 0 Å². The Hall–Kier alpha value is -2.02. The fourth-order valence-electron chi connectivity index (χ4n) is 1.98. The molecule has 102 valence electrons. The van der Waals surface area contributed by atoms with Gasteiger partial charge in [-0.25, -0.2) is 13.2 Å². The van der Waals surface area contributed by atoms with E-state index in [4.69, 9.17) is 5.11 Å².